The molecule has 1 saturated heterocycles. The Balaban J connectivity index is 2.27. The summed E-state index contributed by atoms with van der Waals surface area (Å²) >= 11 is 0. The van der Waals surface area contributed by atoms with E-state index in [9.17, 15) is 9.59 Å². The summed E-state index contributed by atoms with van der Waals surface area (Å²) in [5, 5.41) is 0. The molecule has 3 nitrogen and oxygen atoms in total. The zero-order valence-electron chi connectivity index (χ0n) is 15.0. The summed E-state index contributed by atoms with van der Waals surface area (Å²) in [7, 11) is 0. The molecule has 1 aliphatic heterocycles. The highest BCUT2D eigenvalue weighted by Crippen LogP contribution is 2.29. The first-order valence-electron chi connectivity index (χ1n) is 9.60. The minimum Gasteiger partial charge on any atom is -0.393 e. The Hall–Kier alpha value is -1.12. The summed E-state index contributed by atoms with van der Waals surface area (Å²) in [6.45, 7) is 4.39. The molecule has 23 heavy (non-hydrogen) atoms. The fourth-order valence-corrected chi connectivity index (χ4v) is 3.18. The van der Waals surface area contributed by atoms with Crippen molar-refractivity contribution in [2.75, 3.05) is 0 Å². The number of cyclic esters (lactones) is 2. The van der Waals surface area contributed by atoms with Crippen LogP contribution in [0.15, 0.2) is 12.2 Å². The molecule has 2 unspecified atom stereocenters. The molecule has 0 aromatic heterocycles. The van der Waals surface area contributed by atoms with Crippen LogP contribution in [0.25, 0.3) is 0 Å². The lowest BCUT2D eigenvalue weighted by Gasteiger charge is -2.15. The summed E-state index contributed by atoms with van der Waals surface area (Å²) in [4.78, 5) is 23.1. The molecule has 3 heteroatoms. The van der Waals surface area contributed by atoms with E-state index in [1.165, 1.54) is 44.9 Å². The first kappa shape index (κ1) is 19.9. The van der Waals surface area contributed by atoms with Crippen molar-refractivity contribution in [1.82, 2.24) is 0 Å². The number of unbranched alkanes of at least 4 members (excludes halogenated alkanes) is 8. The highest BCUT2D eigenvalue weighted by Gasteiger charge is 2.37. The zero-order chi connectivity index (χ0) is 16.9. The minimum absolute atomic E-state index is 0.165. The number of carbonyl (C=O) groups is 2. The molecule has 0 saturated carbocycles. The van der Waals surface area contributed by atoms with E-state index in [2.05, 4.69) is 26.0 Å². The molecule has 0 radical (unpaired) electrons. The van der Waals surface area contributed by atoms with Gasteiger partial charge in [-0.25, -0.2) is 0 Å². The van der Waals surface area contributed by atoms with Gasteiger partial charge in [0.15, 0.2) is 0 Å². The molecule has 1 aliphatic rings. The van der Waals surface area contributed by atoms with E-state index in [0.717, 1.165) is 25.7 Å². The second-order valence-electron chi connectivity index (χ2n) is 6.75. The minimum atomic E-state index is -0.359. The molecule has 0 spiro atoms. The molecule has 1 heterocycles. The van der Waals surface area contributed by atoms with Gasteiger partial charge in [-0.05, 0) is 25.2 Å². The molecule has 1 rings (SSSR count). The van der Waals surface area contributed by atoms with Gasteiger partial charge in [0.2, 0.25) is 0 Å². The fourth-order valence-electron chi connectivity index (χ4n) is 3.18. The van der Waals surface area contributed by atoms with E-state index in [-0.39, 0.29) is 30.2 Å². The van der Waals surface area contributed by atoms with Gasteiger partial charge in [-0.15, -0.1) is 0 Å². The van der Waals surface area contributed by atoms with Crippen molar-refractivity contribution >= 4 is 11.9 Å². The van der Waals surface area contributed by atoms with Crippen molar-refractivity contribution in [3.63, 3.8) is 0 Å². The Morgan fingerprint density at radius 3 is 2.26 bits per heavy atom. The van der Waals surface area contributed by atoms with Crippen LogP contribution in [0.1, 0.15) is 90.9 Å². The zero-order valence-corrected chi connectivity index (χ0v) is 15.0. The number of ether oxygens (including phenoxy) is 1. The van der Waals surface area contributed by atoms with Gasteiger partial charge < -0.3 is 4.74 Å². The van der Waals surface area contributed by atoms with E-state index in [1.807, 2.05) is 0 Å². The third-order valence-electron chi connectivity index (χ3n) is 4.67. The van der Waals surface area contributed by atoms with Crippen LogP contribution >= 0.6 is 0 Å². The van der Waals surface area contributed by atoms with Gasteiger partial charge in [0.25, 0.3) is 0 Å². The molecule has 1 fully saturated rings. The molecule has 0 N–H and O–H groups in total. The van der Waals surface area contributed by atoms with Gasteiger partial charge in [0.05, 0.1) is 12.3 Å². The molecule has 0 bridgehead atoms. The molecule has 0 amide bonds. The smallest absolute Gasteiger partial charge is 0.317 e. The van der Waals surface area contributed by atoms with Crippen molar-refractivity contribution in [3.8, 4) is 0 Å². The van der Waals surface area contributed by atoms with Crippen LogP contribution < -0.4 is 0 Å². The first-order chi connectivity index (χ1) is 11.2. The SMILES string of the molecule is CCCCCCCCC/C=C/C(CCCC)C1CC(=O)OC1=O. The molecular weight excluding hydrogens is 288 g/mol. The highest BCUT2D eigenvalue weighted by molar-refractivity contribution is 5.94. The predicted molar refractivity (Wildman–Crippen MR) is 94.0 cm³/mol. The van der Waals surface area contributed by atoms with Gasteiger partial charge in [-0.3, -0.25) is 9.59 Å². The Morgan fingerprint density at radius 1 is 1.00 bits per heavy atom. The standard InChI is InChI=1S/C20H34O3/c1-3-5-7-8-9-10-11-12-13-15-17(14-6-4-2)18-16-19(21)23-20(18)22/h13,15,17-18H,3-12,14,16H2,1-2H3/b15-13+. The number of esters is 2. The van der Waals surface area contributed by atoms with E-state index < -0.39 is 0 Å². The topological polar surface area (TPSA) is 43.4 Å². The summed E-state index contributed by atoms with van der Waals surface area (Å²) < 4.78 is 4.71. The molecule has 2 atom stereocenters. The van der Waals surface area contributed by atoms with Gasteiger partial charge in [0.1, 0.15) is 0 Å². The van der Waals surface area contributed by atoms with Crippen molar-refractivity contribution in [2.24, 2.45) is 11.8 Å². The molecule has 0 aromatic rings. The van der Waals surface area contributed by atoms with Gasteiger partial charge >= 0.3 is 11.9 Å². The lowest BCUT2D eigenvalue weighted by atomic mass is 9.86. The highest BCUT2D eigenvalue weighted by atomic mass is 16.6. The van der Waals surface area contributed by atoms with Crippen LogP contribution in [-0.2, 0) is 14.3 Å². The number of hydrogen-bond donors (Lipinski definition) is 0. The quantitative estimate of drug-likeness (QED) is 0.192. The van der Waals surface area contributed by atoms with Crippen molar-refractivity contribution in [2.45, 2.75) is 90.9 Å². The van der Waals surface area contributed by atoms with Crippen LogP contribution in [0.5, 0.6) is 0 Å². The molecule has 0 aromatic carbocycles. The Kier molecular flexibility index (Phi) is 10.7. The molecule has 0 aliphatic carbocycles. The molecule has 132 valence electrons. The van der Waals surface area contributed by atoms with E-state index in [4.69, 9.17) is 4.74 Å². The maximum absolute atomic E-state index is 11.8. The first-order valence-corrected chi connectivity index (χ1v) is 9.60. The van der Waals surface area contributed by atoms with E-state index >= 15 is 0 Å². The summed E-state index contributed by atoms with van der Waals surface area (Å²) in [6, 6.07) is 0. The van der Waals surface area contributed by atoms with Gasteiger partial charge in [-0.1, -0.05) is 77.4 Å². The largest absolute Gasteiger partial charge is 0.393 e. The summed E-state index contributed by atoms with van der Waals surface area (Å²) in [5.41, 5.74) is 0. The maximum atomic E-state index is 11.8. The average molecular weight is 322 g/mol. The molecular formula is C20H34O3. The number of rotatable bonds is 13. The van der Waals surface area contributed by atoms with Crippen LogP contribution in [0.3, 0.4) is 0 Å². The monoisotopic (exact) mass is 322 g/mol. The normalized spacial score (nSPS) is 19.5. The Morgan fingerprint density at radius 2 is 1.65 bits per heavy atom. The number of carbonyl (C=O) groups excluding carboxylic acids is 2. The second-order valence-corrected chi connectivity index (χ2v) is 6.75. The van der Waals surface area contributed by atoms with Crippen molar-refractivity contribution in [3.05, 3.63) is 12.2 Å². The van der Waals surface area contributed by atoms with Crippen LogP contribution in [0, 0.1) is 11.8 Å². The van der Waals surface area contributed by atoms with E-state index in [0.29, 0.717) is 0 Å². The van der Waals surface area contributed by atoms with Gasteiger partial charge in [-0.2, -0.15) is 0 Å². The number of hydrogen-bond acceptors (Lipinski definition) is 3. The lowest BCUT2D eigenvalue weighted by molar-refractivity contribution is -0.153. The number of allylic oxidation sites excluding steroid dienone is 2. The van der Waals surface area contributed by atoms with E-state index in [1.54, 1.807) is 0 Å². The summed E-state index contributed by atoms with van der Waals surface area (Å²) in [5.74, 6) is -0.767. The van der Waals surface area contributed by atoms with Crippen LogP contribution in [0.2, 0.25) is 0 Å². The Bertz CT molecular complexity index is 373. The third kappa shape index (κ3) is 8.34. The second kappa shape index (κ2) is 12.3. The van der Waals surface area contributed by atoms with Gasteiger partial charge in [0, 0.05) is 0 Å². The van der Waals surface area contributed by atoms with Crippen molar-refractivity contribution < 1.29 is 14.3 Å². The third-order valence-corrected chi connectivity index (χ3v) is 4.67. The van der Waals surface area contributed by atoms with Crippen molar-refractivity contribution in [1.29, 1.82) is 0 Å². The predicted octanol–water partition coefficient (Wildman–Crippen LogP) is 5.58. The fraction of sp³-hybridized carbons (Fsp3) is 0.800. The Labute approximate surface area is 141 Å². The van der Waals surface area contributed by atoms with Crippen LogP contribution in [-0.4, -0.2) is 11.9 Å². The maximum Gasteiger partial charge on any atom is 0.317 e. The lowest BCUT2D eigenvalue weighted by Crippen LogP contribution is -2.17. The van der Waals surface area contributed by atoms with Crippen LogP contribution in [0.4, 0.5) is 0 Å². The summed E-state index contributed by atoms with van der Waals surface area (Å²) in [6.07, 6.45) is 18.1. The average Bonchev–Trinajstić information content (AvgIpc) is 2.87.